The molecule has 1 aromatic heterocycles. The van der Waals surface area contributed by atoms with E-state index < -0.39 is 11.8 Å². The molecular weight excluding hydrogens is 392 g/mol. The molecule has 3 N–H and O–H groups in total. The summed E-state index contributed by atoms with van der Waals surface area (Å²) >= 11 is 0. The van der Waals surface area contributed by atoms with Crippen molar-refractivity contribution in [2.75, 3.05) is 0 Å². The molecule has 0 bridgehead atoms. The standard InChI is InChI=1S/C24H20N4O3/c29-23(20-14-8-7-11-18(20)16-31-19-12-5-2-6-13-19)27-28-24(30)22-15-21(25-26-22)17-9-3-1-4-10-17/h1-15H,16H2,(H,25,26)(H,27,29)(H,28,30). The zero-order chi connectivity index (χ0) is 21.5. The van der Waals surface area contributed by atoms with Crippen molar-refractivity contribution >= 4 is 11.8 Å². The van der Waals surface area contributed by atoms with Crippen LogP contribution in [0.5, 0.6) is 5.75 Å². The Morgan fingerprint density at radius 3 is 2.23 bits per heavy atom. The van der Waals surface area contributed by atoms with E-state index in [0.717, 1.165) is 5.56 Å². The molecule has 0 radical (unpaired) electrons. The first-order valence-corrected chi connectivity index (χ1v) is 9.68. The van der Waals surface area contributed by atoms with Crippen molar-refractivity contribution in [3.05, 3.63) is 108 Å². The first-order valence-electron chi connectivity index (χ1n) is 9.68. The van der Waals surface area contributed by atoms with E-state index in [9.17, 15) is 9.59 Å². The van der Waals surface area contributed by atoms with E-state index in [4.69, 9.17) is 4.74 Å². The molecule has 0 aliphatic rings. The molecule has 0 spiro atoms. The van der Waals surface area contributed by atoms with Gasteiger partial charge in [-0.05, 0) is 24.3 Å². The number of hydrazine groups is 1. The highest BCUT2D eigenvalue weighted by atomic mass is 16.5. The Hall–Kier alpha value is -4.39. The first kappa shape index (κ1) is 19.9. The molecule has 31 heavy (non-hydrogen) atoms. The summed E-state index contributed by atoms with van der Waals surface area (Å²) in [4.78, 5) is 25.0. The zero-order valence-corrected chi connectivity index (χ0v) is 16.5. The number of benzene rings is 3. The molecule has 4 aromatic rings. The number of hydrogen-bond acceptors (Lipinski definition) is 4. The average Bonchev–Trinajstić information content (AvgIpc) is 3.33. The van der Waals surface area contributed by atoms with E-state index in [-0.39, 0.29) is 12.3 Å². The SMILES string of the molecule is O=C(NNC(=O)c1ccccc1COc1ccccc1)c1cc(-c2ccccc2)n[nH]1. The fourth-order valence-electron chi connectivity index (χ4n) is 2.99. The number of rotatable bonds is 6. The number of H-pyrrole nitrogens is 1. The minimum atomic E-state index is -0.499. The predicted octanol–water partition coefficient (Wildman–Crippen LogP) is 3.73. The molecule has 0 saturated heterocycles. The monoisotopic (exact) mass is 412 g/mol. The van der Waals surface area contributed by atoms with Crippen molar-refractivity contribution in [2.24, 2.45) is 0 Å². The van der Waals surface area contributed by atoms with Gasteiger partial charge in [0.25, 0.3) is 11.8 Å². The Bertz CT molecular complexity index is 1170. The molecule has 0 aliphatic carbocycles. The normalized spacial score (nSPS) is 10.3. The summed E-state index contributed by atoms with van der Waals surface area (Å²) in [5.74, 6) is -0.232. The van der Waals surface area contributed by atoms with Gasteiger partial charge in [0, 0.05) is 16.7 Å². The highest BCUT2D eigenvalue weighted by molar-refractivity contribution is 5.99. The van der Waals surface area contributed by atoms with Gasteiger partial charge in [0.2, 0.25) is 0 Å². The summed E-state index contributed by atoms with van der Waals surface area (Å²) in [6.45, 7) is 0.225. The number of aromatic amines is 1. The number of aromatic nitrogens is 2. The Kier molecular flexibility index (Phi) is 6.04. The molecule has 0 atom stereocenters. The van der Waals surface area contributed by atoms with Crippen molar-refractivity contribution in [2.45, 2.75) is 6.61 Å². The lowest BCUT2D eigenvalue weighted by molar-refractivity contribution is 0.0842. The fourth-order valence-corrected chi connectivity index (χ4v) is 2.99. The highest BCUT2D eigenvalue weighted by Gasteiger charge is 2.15. The second-order valence-electron chi connectivity index (χ2n) is 6.70. The lowest BCUT2D eigenvalue weighted by Crippen LogP contribution is -2.42. The molecule has 7 nitrogen and oxygen atoms in total. The molecule has 0 unspecified atom stereocenters. The summed E-state index contributed by atoms with van der Waals surface area (Å²) in [6.07, 6.45) is 0. The van der Waals surface area contributed by atoms with E-state index in [1.165, 1.54) is 0 Å². The summed E-state index contributed by atoms with van der Waals surface area (Å²) in [7, 11) is 0. The van der Waals surface area contributed by atoms with E-state index in [0.29, 0.717) is 22.6 Å². The topological polar surface area (TPSA) is 96.1 Å². The number of ether oxygens (including phenoxy) is 1. The molecule has 0 fully saturated rings. The van der Waals surface area contributed by atoms with Crippen molar-refractivity contribution in [1.29, 1.82) is 0 Å². The maximum atomic E-state index is 12.6. The van der Waals surface area contributed by atoms with E-state index in [1.807, 2.05) is 66.7 Å². The van der Waals surface area contributed by atoms with Gasteiger partial charge in [-0.3, -0.25) is 25.5 Å². The van der Waals surface area contributed by atoms with Crippen LogP contribution in [0, 0.1) is 0 Å². The molecule has 7 heteroatoms. The van der Waals surface area contributed by atoms with Crippen LogP contribution < -0.4 is 15.6 Å². The van der Waals surface area contributed by atoms with Crippen molar-refractivity contribution in [1.82, 2.24) is 21.0 Å². The van der Waals surface area contributed by atoms with Gasteiger partial charge in [-0.25, -0.2) is 0 Å². The lowest BCUT2D eigenvalue weighted by Gasteiger charge is -2.12. The number of amides is 2. The Morgan fingerprint density at radius 2 is 1.45 bits per heavy atom. The van der Waals surface area contributed by atoms with Crippen LogP contribution in [0.2, 0.25) is 0 Å². The van der Waals surface area contributed by atoms with Crippen molar-refractivity contribution in [3.63, 3.8) is 0 Å². The highest BCUT2D eigenvalue weighted by Crippen LogP contribution is 2.17. The van der Waals surface area contributed by atoms with Gasteiger partial charge in [-0.1, -0.05) is 66.7 Å². The number of hydrogen-bond donors (Lipinski definition) is 3. The number of nitrogens with one attached hydrogen (secondary N) is 3. The molecule has 0 aliphatic heterocycles. The van der Waals surface area contributed by atoms with Crippen LogP contribution in [0.15, 0.2) is 91.0 Å². The molecule has 3 aromatic carbocycles. The third kappa shape index (κ3) is 4.97. The van der Waals surface area contributed by atoms with Crippen LogP contribution in [0.3, 0.4) is 0 Å². The van der Waals surface area contributed by atoms with Crippen LogP contribution in [0.25, 0.3) is 11.3 Å². The summed E-state index contributed by atoms with van der Waals surface area (Å²) < 4.78 is 5.74. The van der Waals surface area contributed by atoms with Crippen molar-refractivity contribution in [3.8, 4) is 17.0 Å². The fraction of sp³-hybridized carbons (Fsp3) is 0.0417. The summed E-state index contributed by atoms with van der Waals surface area (Å²) in [5.41, 5.74) is 7.72. The van der Waals surface area contributed by atoms with Gasteiger partial charge in [0.15, 0.2) is 0 Å². The third-order valence-corrected chi connectivity index (χ3v) is 4.58. The van der Waals surface area contributed by atoms with Crippen molar-refractivity contribution < 1.29 is 14.3 Å². The summed E-state index contributed by atoms with van der Waals surface area (Å²) in [6, 6.07) is 27.5. The third-order valence-electron chi connectivity index (χ3n) is 4.58. The Balaban J connectivity index is 1.38. The Morgan fingerprint density at radius 1 is 0.806 bits per heavy atom. The summed E-state index contributed by atoms with van der Waals surface area (Å²) in [5, 5.41) is 6.83. The van der Waals surface area contributed by atoms with Crippen LogP contribution in [-0.4, -0.2) is 22.0 Å². The van der Waals surface area contributed by atoms with Gasteiger partial charge < -0.3 is 4.74 Å². The minimum Gasteiger partial charge on any atom is -0.489 e. The molecule has 2 amide bonds. The quantitative estimate of drug-likeness (QED) is 0.421. The van der Waals surface area contributed by atoms with Gasteiger partial charge in [0.05, 0.1) is 5.69 Å². The van der Waals surface area contributed by atoms with Gasteiger partial charge >= 0.3 is 0 Å². The van der Waals surface area contributed by atoms with Crippen LogP contribution >= 0.6 is 0 Å². The zero-order valence-electron chi connectivity index (χ0n) is 16.5. The minimum absolute atomic E-state index is 0.225. The Labute approximate surface area is 179 Å². The number of carbonyl (C=O) groups is 2. The lowest BCUT2D eigenvalue weighted by atomic mass is 10.1. The van der Waals surface area contributed by atoms with E-state index >= 15 is 0 Å². The molecule has 4 rings (SSSR count). The van der Waals surface area contributed by atoms with Gasteiger partial charge in [0.1, 0.15) is 18.1 Å². The maximum Gasteiger partial charge on any atom is 0.287 e. The molecule has 0 saturated carbocycles. The number of para-hydroxylation sites is 1. The average molecular weight is 412 g/mol. The van der Waals surface area contributed by atoms with E-state index in [1.54, 1.807) is 24.3 Å². The first-order chi connectivity index (χ1) is 15.2. The maximum absolute atomic E-state index is 12.6. The second kappa shape index (κ2) is 9.41. The van der Waals surface area contributed by atoms with Crippen LogP contribution in [-0.2, 0) is 6.61 Å². The largest absolute Gasteiger partial charge is 0.489 e. The molecular formula is C24H20N4O3. The van der Waals surface area contributed by atoms with Gasteiger partial charge in [-0.15, -0.1) is 0 Å². The number of carbonyl (C=O) groups excluding carboxylic acids is 2. The van der Waals surface area contributed by atoms with Gasteiger partial charge in [-0.2, -0.15) is 5.10 Å². The van der Waals surface area contributed by atoms with E-state index in [2.05, 4.69) is 21.0 Å². The van der Waals surface area contributed by atoms with Crippen LogP contribution in [0.1, 0.15) is 26.4 Å². The number of nitrogens with zero attached hydrogens (tertiary/aromatic N) is 1. The molecule has 1 heterocycles. The van der Waals surface area contributed by atoms with Crippen LogP contribution in [0.4, 0.5) is 0 Å². The molecule has 154 valence electrons. The second-order valence-corrected chi connectivity index (χ2v) is 6.70. The predicted molar refractivity (Wildman–Crippen MR) is 116 cm³/mol. The smallest absolute Gasteiger partial charge is 0.287 e.